The molecular weight excluding hydrogens is 462 g/mol. The van der Waals surface area contributed by atoms with Gasteiger partial charge in [0.05, 0.1) is 6.10 Å². The Hall–Kier alpha value is -0.660. The number of likely N-dealkylation sites (tertiary alicyclic amines) is 1. The zero-order valence-electron chi connectivity index (χ0n) is 22.0. The fraction of sp³-hybridized carbons (Fsp3) is 0.964. The quantitative estimate of drug-likeness (QED) is 0.514. The molecule has 1 heterocycles. The van der Waals surface area contributed by atoms with E-state index in [9.17, 15) is 22.9 Å². The molecule has 1 amide bonds. The largest absolute Gasteiger partial charge is 0.393 e. The van der Waals surface area contributed by atoms with Crippen molar-refractivity contribution >= 4 is 16.0 Å². The molecule has 5 fully saturated rings. The van der Waals surface area contributed by atoms with Gasteiger partial charge in [-0.2, -0.15) is 8.42 Å². The summed E-state index contributed by atoms with van der Waals surface area (Å²) in [4.78, 5) is 14.4. The van der Waals surface area contributed by atoms with Gasteiger partial charge < -0.3 is 10.0 Å². The molecule has 0 unspecified atom stereocenters. The number of hydrogen-bond donors (Lipinski definition) is 2. The van der Waals surface area contributed by atoms with Gasteiger partial charge in [-0.05, 0) is 117 Å². The minimum Gasteiger partial charge on any atom is -0.393 e. The molecule has 4 saturated carbocycles. The van der Waals surface area contributed by atoms with Crippen molar-refractivity contribution in [2.45, 2.75) is 109 Å². The maximum Gasteiger partial charge on any atom is 0.269 e. The first-order valence-electron chi connectivity index (χ1n) is 14.4. The van der Waals surface area contributed by atoms with Crippen LogP contribution in [0.3, 0.4) is 0 Å². The molecule has 0 aromatic heterocycles. The van der Waals surface area contributed by atoms with Crippen molar-refractivity contribution in [1.29, 1.82) is 0 Å². The minimum atomic E-state index is -4.07. The van der Waals surface area contributed by atoms with Crippen LogP contribution in [0.4, 0.5) is 0 Å². The van der Waals surface area contributed by atoms with Crippen LogP contribution in [0.2, 0.25) is 0 Å². The Labute approximate surface area is 212 Å². The number of amides is 1. The number of nitrogens with zero attached hydrogens (tertiary/aromatic N) is 1. The van der Waals surface area contributed by atoms with Crippen LogP contribution in [-0.4, -0.2) is 53.3 Å². The Morgan fingerprint density at radius 2 is 1.71 bits per heavy atom. The number of fused-ring (bicyclic) bond motifs is 5. The predicted molar refractivity (Wildman–Crippen MR) is 136 cm³/mol. The highest BCUT2D eigenvalue weighted by atomic mass is 32.2. The van der Waals surface area contributed by atoms with E-state index in [1.807, 2.05) is 0 Å². The van der Waals surface area contributed by atoms with E-state index < -0.39 is 15.4 Å². The molecule has 0 aromatic rings. The Kier molecular flexibility index (Phi) is 6.88. The fourth-order valence-electron chi connectivity index (χ4n) is 10.1. The van der Waals surface area contributed by atoms with E-state index >= 15 is 0 Å². The van der Waals surface area contributed by atoms with Gasteiger partial charge in [0.25, 0.3) is 10.1 Å². The molecule has 0 bridgehead atoms. The highest BCUT2D eigenvalue weighted by molar-refractivity contribution is 7.86. The van der Waals surface area contributed by atoms with E-state index in [1.54, 1.807) is 4.90 Å². The van der Waals surface area contributed by atoms with E-state index in [0.29, 0.717) is 48.0 Å². The molecule has 0 spiro atoms. The highest BCUT2D eigenvalue weighted by Gasteiger charge is 2.60. The molecule has 35 heavy (non-hydrogen) atoms. The number of carbonyl (C=O) groups is 1. The van der Waals surface area contributed by atoms with Crippen molar-refractivity contribution in [2.24, 2.45) is 46.3 Å². The van der Waals surface area contributed by atoms with Crippen LogP contribution in [0.25, 0.3) is 0 Å². The van der Waals surface area contributed by atoms with Crippen molar-refractivity contribution in [2.75, 3.05) is 13.1 Å². The van der Waals surface area contributed by atoms with Gasteiger partial charge in [-0.25, -0.2) is 0 Å². The first-order chi connectivity index (χ1) is 16.4. The van der Waals surface area contributed by atoms with Gasteiger partial charge in [-0.15, -0.1) is 0 Å². The second-order valence-electron chi connectivity index (χ2n) is 13.6. The normalized spacial score (nSPS) is 46.5. The summed E-state index contributed by atoms with van der Waals surface area (Å²) < 4.78 is 32.2. The Bertz CT molecular complexity index is 922. The SMILES string of the molecule is C[C@H](CCC(=O)N1CC[C@H](S(=O)(=O)O)C1)[C@H]1CC[C@H]2[C@@H]3CC[C@@H]4C[C@H](O)CC[C@]4(C)[C@H]3CC[C@]12C. The Morgan fingerprint density at radius 3 is 2.43 bits per heavy atom. The third-order valence-corrected chi connectivity index (χ3v) is 13.4. The number of carbonyl (C=O) groups excluding carboxylic acids is 1. The fourth-order valence-corrected chi connectivity index (χ4v) is 10.9. The van der Waals surface area contributed by atoms with Gasteiger partial charge in [-0.1, -0.05) is 20.8 Å². The third kappa shape index (κ3) is 4.50. The molecule has 0 radical (unpaired) electrons. The van der Waals surface area contributed by atoms with E-state index in [2.05, 4.69) is 20.8 Å². The van der Waals surface area contributed by atoms with Gasteiger partial charge in [0.15, 0.2) is 0 Å². The van der Waals surface area contributed by atoms with E-state index in [1.165, 1.54) is 44.9 Å². The summed E-state index contributed by atoms with van der Waals surface area (Å²) in [6, 6.07) is 0. The smallest absolute Gasteiger partial charge is 0.269 e. The molecule has 6 nitrogen and oxygen atoms in total. The van der Waals surface area contributed by atoms with E-state index in [4.69, 9.17) is 0 Å². The highest BCUT2D eigenvalue weighted by Crippen LogP contribution is 2.68. The number of aliphatic hydroxyl groups excluding tert-OH is 1. The second-order valence-corrected chi connectivity index (χ2v) is 15.3. The van der Waals surface area contributed by atoms with Crippen molar-refractivity contribution in [1.82, 2.24) is 4.90 Å². The zero-order valence-corrected chi connectivity index (χ0v) is 22.8. The standard InChI is InChI=1S/C28H47NO5S/c1-18(4-9-26(31)29-15-12-21(17-29)35(32,33)34)23-7-8-24-22-6-5-19-16-20(30)10-13-27(19,2)25(22)11-14-28(23,24)3/h18-25,30H,4-17H2,1-3H3,(H,32,33,34)/t18-,19-,20-,21+,22+,23-,24+,25+,27+,28-/m1/s1. The first kappa shape index (κ1) is 26.0. The van der Waals surface area contributed by atoms with Gasteiger partial charge in [-0.3, -0.25) is 9.35 Å². The van der Waals surface area contributed by atoms with Gasteiger partial charge in [0.1, 0.15) is 5.25 Å². The third-order valence-electron chi connectivity index (χ3n) is 12.1. The lowest BCUT2D eigenvalue weighted by Crippen LogP contribution is -2.54. The molecule has 7 heteroatoms. The van der Waals surface area contributed by atoms with Gasteiger partial charge in [0, 0.05) is 19.5 Å². The van der Waals surface area contributed by atoms with Crippen LogP contribution >= 0.6 is 0 Å². The number of aliphatic hydroxyl groups is 1. The van der Waals surface area contributed by atoms with Crippen LogP contribution in [0.5, 0.6) is 0 Å². The molecule has 5 rings (SSSR count). The van der Waals surface area contributed by atoms with Crippen LogP contribution in [0, 0.1) is 46.3 Å². The molecule has 4 aliphatic carbocycles. The molecule has 1 saturated heterocycles. The molecular formula is C28H47NO5S. The molecule has 200 valence electrons. The molecule has 10 atom stereocenters. The van der Waals surface area contributed by atoms with E-state index in [0.717, 1.165) is 37.0 Å². The van der Waals surface area contributed by atoms with Crippen molar-refractivity contribution < 1.29 is 22.9 Å². The molecule has 0 aromatic carbocycles. The summed E-state index contributed by atoms with van der Waals surface area (Å²) >= 11 is 0. The van der Waals surface area contributed by atoms with Crippen molar-refractivity contribution in [3.63, 3.8) is 0 Å². The van der Waals surface area contributed by atoms with Crippen LogP contribution < -0.4 is 0 Å². The predicted octanol–water partition coefficient (Wildman–Crippen LogP) is 4.91. The average Bonchev–Trinajstić information content (AvgIpc) is 3.43. The van der Waals surface area contributed by atoms with Crippen LogP contribution in [0.15, 0.2) is 0 Å². The summed E-state index contributed by atoms with van der Waals surface area (Å²) in [6.07, 6.45) is 12.6. The Balaban J connectivity index is 1.20. The summed E-state index contributed by atoms with van der Waals surface area (Å²) in [7, 11) is -4.07. The maximum atomic E-state index is 12.8. The van der Waals surface area contributed by atoms with Gasteiger partial charge >= 0.3 is 0 Å². The van der Waals surface area contributed by atoms with Gasteiger partial charge in [0.2, 0.25) is 5.91 Å². The molecule has 1 aliphatic heterocycles. The molecule has 5 aliphatic rings. The zero-order chi connectivity index (χ0) is 25.2. The number of hydrogen-bond acceptors (Lipinski definition) is 4. The average molecular weight is 510 g/mol. The maximum absolute atomic E-state index is 12.8. The van der Waals surface area contributed by atoms with Crippen LogP contribution in [-0.2, 0) is 14.9 Å². The summed E-state index contributed by atoms with van der Waals surface area (Å²) in [6.45, 7) is 8.01. The lowest BCUT2D eigenvalue weighted by atomic mass is 9.44. The summed E-state index contributed by atoms with van der Waals surface area (Å²) in [5.41, 5.74) is 0.778. The monoisotopic (exact) mass is 509 g/mol. The summed E-state index contributed by atoms with van der Waals surface area (Å²) in [5.74, 6) is 4.32. The first-order valence-corrected chi connectivity index (χ1v) is 15.9. The lowest BCUT2D eigenvalue weighted by Gasteiger charge is -2.61. The topological polar surface area (TPSA) is 94.9 Å². The summed E-state index contributed by atoms with van der Waals surface area (Å²) in [5, 5.41) is 9.47. The molecule has 2 N–H and O–H groups in total. The Morgan fingerprint density at radius 1 is 1.00 bits per heavy atom. The number of rotatable bonds is 5. The van der Waals surface area contributed by atoms with Crippen LogP contribution in [0.1, 0.15) is 97.8 Å². The minimum absolute atomic E-state index is 0.0390. The van der Waals surface area contributed by atoms with E-state index in [-0.39, 0.29) is 18.6 Å². The second kappa shape index (κ2) is 9.27. The lowest BCUT2D eigenvalue weighted by molar-refractivity contribution is -0.132. The van der Waals surface area contributed by atoms with Crippen molar-refractivity contribution in [3.05, 3.63) is 0 Å². The van der Waals surface area contributed by atoms with Crippen molar-refractivity contribution in [3.8, 4) is 0 Å².